The molecule has 1 heterocycles. The van der Waals surface area contributed by atoms with Gasteiger partial charge in [0.2, 0.25) is 0 Å². The summed E-state index contributed by atoms with van der Waals surface area (Å²) in [6.45, 7) is -0.569. The fourth-order valence-electron chi connectivity index (χ4n) is 2.33. The molecule has 0 atom stereocenters. The van der Waals surface area contributed by atoms with Crippen molar-refractivity contribution in [2.75, 3.05) is 0 Å². The molecule has 0 amide bonds. The maximum atomic E-state index is 12.7. The van der Waals surface area contributed by atoms with Crippen molar-refractivity contribution in [3.8, 4) is 23.1 Å². The van der Waals surface area contributed by atoms with Crippen molar-refractivity contribution in [1.82, 2.24) is 9.78 Å². The number of halogens is 4. The van der Waals surface area contributed by atoms with E-state index < -0.39 is 6.61 Å². The van der Waals surface area contributed by atoms with Gasteiger partial charge in [-0.1, -0.05) is 34.5 Å². The molecular formula is C16H15BrClF2N3O. The number of aryl methyl sites for hydroxylation is 2. The van der Waals surface area contributed by atoms with Crippen molar-refractivity contribution in [2.45, 2.75) is 39.3 Å². The number of benzene rings is 1. The highest BCUT2D eigenvalue weighted by molar-refractivity contribution is 9.10. The smallest absolute Gasteiger partial charge is 0.387 e. The summed E-state index contributed by atoms with van der Waals surface area (Å²) >= 11 is 9.67. The van der Waals surface area contributed by atoms with Crippen LogP contribution in [-0.2, 0) is 13.0 Å². The van der Waals surface area contributed by atoms with Crippen LogP contribution in [0.3, 0.4) is 0 Å². The number of nitriles is 1. The van der Waals surface area contributed by atoms with E-state index in [-0.39, 0.29) is 5.75 Å². The van der Waals surface area contributed by atoms with E-state index in [0.29, 0.717) is 52.3 Å². The van der Waals surface area contributed by atoms with Gasteiger partial charge in [-0.25, -0.2) is 0 Å². The lowest BCUT2D eigenvalue weighted by molar-refractivity contribution is -0.0495. The average Bonchev–Trinajstić information content (AvgIpc) is 2.83. The molecular weight excluding hydrogens is 404 g/mol. The van der Waals surface area contributed by atoms with E-state index in [0.717, 1.165) is 0 Å². The molecule has 0 saturated heterocycles. The van der Waals surface area contributed by atoms with E-state index in [1.807, 2.05) is 6.92 Å². The van der Waals surface area contributed by atoms with Gasteiger partial charge in [-0.2, -0.15) is 19.1 Å². The molecule has 0 aliphatic carbocycles. The van der Waals surface area contributed by atoms with Crippen LogP contribution in [0.5, 0.6) is 5.75 Å². The normalized spacial score (nSPS) is 10.9. The van der Waals surface area contributed by atoms with Gasteiger partial charge in [-0.05, 0) is 31.0 Å². The lowest BCUT2D eigenvalue weighted by Crippen LogP contribution is -2.06. The second kappa shape index (κ2) is 8.45. The molecule has 128 valence electrons. The molecule has 0 N–H and O–H groups in total. The minimum absolute atomic E-state index is 0.0189. The standard InChI is InChI=1S/C16H15BrClF2N3O/c1-2-12-14(18)15(23(22-12)8-4-3-7-21)11-6-5-10(17)9-13(11)24-16(19)20/h5-6,9,16H,2-4,8H2,1H3. The SMILES string of the molecule is CCc1nn(CCCC#N)c(-c2ccc(Br)cc2OC(F)F)c1Cl. The topological polar surface area (TPSA) is 50.8 Å². The molecule has 0 aliphatic rings. The summed E-state index contributed by atoms with van der Waals surface area (Å²) in [4.78, 5) is 0. The lowest BCUT2D eigenvalue weighted by Gasteiger charge is -2.13. The third-order valence-corrected chi connectivity index (χ3v) is 4.26. The van der Waals surface area contributed by atoms with E-state index in [1.54, 1.807) is 16.8 Å². The molecule has 0 spiro atoms. The Morgan fingerprint density at radius 2 is 2.21 bits per heavy atom. The Morgan fingerprint density at radius 3 is 2.83 bits per heavy atom. The number of hydrogen-bond acceptors (Lipinski definition) is 3. The zero-order valence-electron chi connectivity index (χ0n) is 12.9. The maximum Gasteiger partial charge on any atom is 0.387 e. The highest BCUT2D eigenvalue weighted by atomic mass is 79.9. The van der Waals surface area contributed by atoms with Crippen LogP contribution in [0.2, 0.25) is 5.02 Å². The van der Waals surface area contributed by atoms with Gasteiger partial charge in [0.1, 0.15) is 5.75 Å². The average molecular weight is 419 g/mol. The van der Waals surface area contributed by atoms with E-state index in [1.165, 1.54) is 6.07 Å². The van der Waals surface area contributed by atoms with Crippen molar-refractivity contribution in [3.05, 3.63) is 33.4 Å². The van der Waals surface area contributed by atoms with Crippen molar-refractivity contribution in [3.63, 3.8) is 0 Å². The van der Waals surface area contributed by atoms with E-state index in [4.69, 9.17) is 16.9 Å². The summed E-state index contributed by atoms with van der Waals surface area (Å²) in [5, 5.41) is 13.5. The third kappa shape index (κ3) is 4.25. The second-order valence-corrected chi connectivity index (χ2v) is 6.26. The number of alkyl halides is 2. The second-order valence-electron chi connectivity index (χ2n) is 4.97. The Kier molecular flexibility index (Phi) is 6.58. The molecule has 8 heteroatoms. The molecule has 0 bridgehead atoms. The number of aromatic nitrogens is 2. The van der Waals surface area contributed by atoms with Crippen molar-refractivity contribution in [1.29, 1.82) is 5.26 Å². The minimum atomic E-state index is -2.95. The highest BCUT2D eigenvalue weighted by Crippen LogP contribution is 2.39. The van der Waals surface area contributed by atoms with Crippen LogP contribution >= 0.6 is 27.5 Å². The molecule has 24 heavy (non-hydrogen) atoms. The number of hydrogen-bond donors (Lipinski definition) is 0. The predicted molar refractivity (Wildman–Crippen MR) is 91.2 cm³/mol. The molecule has 0 aliphatic heterocycles. The summed E-state index contributed by atoms with van der Waals surface area (Å²) in [5.74, 6) is 0.0189. The van der Waals surface area contributed by atoms with Crippen LogP contribution in [0.15, 0.2) is 22.7 Å². The first-order valence-corrected chi connectivity index (χ1v) is 8.51. The number of nitrogens with zero attached hydrogens (tertiary/aromatic N) is 3. The molecule has 0 unspecified atom stereocenters. The molecule has 0 fully saturated rings. The fourth-order valence-corrected chi connectivity index (χ4v) is 3.04. The third-order valence-electron chi connectivity index (χ3n) is 3.37. The Balaban J connectivity index is 2.54. The summed E-state index contributed by atoms with van der Waals surface area (Å²) < 4.78 is 32.4. The predicted octanol–water partition coefficient (Wildman–Crippen LogP) is 5.43. The van der Waals surface area contributed by atoms with Crippen LogP contribution in [0.4, 0.5) is 8.78 Å². The lowest BCUT2D eigenvalue weighted by atomic mass is 10.1. The Labute approximate surface area is 152 Å². The quantitative estimate of drug-likeness (QED) is 0.563. The van der Waals surface area contributed by atoms with Gasteiger partial charge in [0, 0.05) is 23.0 Å². The van der Waals surface area contributed by atoms with Crippen LogP contribution in [0.1, 0.15) is 25.5 Å². The molecule has 4 nitrogen and oxygen atoms in total. The fraction of sp³-hybridized carbons (Fsp3) is 0.375. The summed E-state index contributed by atoms with van der Waals surface area (Å²) in [5.41, 5.74) is 1.64. The zero-order chi connectivity index (χ0) is 17.7. The van der Waals surface area contributed by atoms with Crippen LogP contribution < -0.4 is 4.74 Å². The van der Waals surface area contributed by atoms with Gasteiger partial charge in [0.05, 0.1) is 22.5 Å². The van der Waals surface area contributed by atoms with Gasteiger partial charge in [0.25, 0.3) is 0 Å². The molecule has 0 radical (unpaired) electrons. The molecule has 1 aromatic carbocycles. The van der Waals surface area contributed by atoms with Gasteiger partial charge in [-0.15, -0.1) is 0 Å². The monoisotopic (exact) mass is 417 g/mol. The molecule has 0 saturated carbocycles. The maximum absolute atomic E-state index is 12.7. The summed E-state index contributed by atoms with van der Waals surface area (Å²) in [6.07, 6.45) is 1.57. The number of unbranched alkanes of at least 4 members (excludes halogenated alkanes) is 1. The molecule has 2 aromatic rings. The first kappa shape index (κ1) is 18.7. The Bertz CT molecular complexity index is 759. The van der Waals surface area contributed by atoms with Crippen LogP contribution in [0.25, 0.3) is 11.3 Å². The van der Waals surface area contributed by atoms with Crippen molar-refractivity contribution >= 4 is 27.5 Å². The largest absolute Gasteiger partial charge is 0.434 e. The first-order chi connectivity index (χ1) is 11.5. The van der Waals surface area contributed by atoms with Gasteiger partial charge in [-0.3, -0.25) is 4.68 Å². The Hall–Kier alpha value is -1.65. The first-order valence-electron chi connectivity index (χ1n) is 7.34. The number of rotatable bonds is 7. The minimum Gasteiger partial charge on any atom is -0.434 e. The molecule has 2 rings (SSSR count). The molecule has 1 aromatic heterocycles. The van der Waals surface area contributed by atoms with Crippen molar-refractivity contribution < 1.29 is 13.5 Å². The van der Waals surface area contributed by atoms with Gasteiger partial charge in [0.15, 0.2) is 0 Å². The van der Waals surface area contributed by atoms with E-state index >= 15 is 0 Å². The summed E-state index contributed by atoms with van der Waals surface area (Å²) in [6, 6.07) is 6.92. The van der Waals surface area contributed by atoms with E-state index in [2.05, 4.69) is 31.8 Å². The van der Waals surface area contributed by atoms with Crippen LogP contribution in [0, 0.1) is 11.3 Å². The zero-order valence-corrected chi connectivity index (χ0v) is 15.2. The van der Waals surface area contributed by atoms with Gasteiger partial charge < -0.3 is 4.74 Å². The Morgan fingerprint density at radius 1 is 1.46 bits per heavy atom. The highest BCUT2D eigenvalue weighted by Gasteiger charge is 2.21. The van der Waals surface area contributed by atoms with Crippen LogP contribution in [-0.4, -0.2) is 16.4 Å². The van der Waals surface area contributed by atoms with Gasteiger partial charge >= 0.3 is 6.61 Å². The summed E-state index contributed by atoms with van der Waals surface area (Å²) in [7, 11) is 0. The van der Waals surface area contributed by atoms with E-state index in [9.17, 15) is 8.78 Å². The van der Waals surface area contributed by atoms with Crippen molar-refractivity contribution in [2.24, 2.45) is 0 Å². The number of ether oxygens (including phenoxy) is 1.